The Morgan fingerprint density at radius 2 is 2.44 bits per heavy atom. The zero-order valence-corrected chi connectivity index (χ0v) is 11.9. The van der Waals surface area contributed by atoms with Crippen LogP contribution in [0.25, 0.3) is 4.96 Å². The average Bonchev–Trinajstić information content (AvgIpc) is 2.93. The molecule has 2 unspecified atom stereocenters. The maximum absolute atomic E-state index is 4.57. The lowest BCUT2D eigenvalue weighted by Crippen LogP contribution is -2.32. The summed E-state index contributed by atoms with van der Waals surface area (Å²) < 4.78 is 2.08. The van der Waals surface area contributed by atoms with Crippen LogP contribution in [0.5, 0.6) is 0 Å². The van der Waals surface area contributed by atoms with Crippen LogP contribution in [0.4, 0.5) is 0 Å². The number of thiazole rings is 1. The number of nitrogens with one attached hydrogen (secondary N) is 1. The van der Waals surface area contributed by atoms with Crippen LogP contribution >= 0.6 is 11.3 Å². The Kier molecular flexibility index (Phi) is 4.55. The molecule has 0 amide bonds. The van der Waals surface area contributed by atoms with Gasteiger partial charge in [-0.3, -0.25) is 4.40 Å². The average molecular weight is 263 g/mol. The monoisotopic (exact) mass is 263 g/mol. The quantitative estimate of drug-likeness (QED) is 0.775. The highest BCUT2D eigenvalue weighted by Crippen LogP contribution is 2.15. The number of imidazole rings is 1. The molecule has 0 radical (unpaired) electrons. The van der Waals surface area contributed by atoms with E-state index < -0.39 is 0 Å². The normalized spacial score (nSPS) is 14.8. The largest absolute Gasteiger partial charge is 0.308 e. The highest BCUT2D eigenvalue weighted by atomic mass is 32.1. The van der Waals surface area contributed by atoms with E-state index in [1.165, 1.54) is 6.42 Å². The van der Waals surface area contributed by atoms with Crippen molar-refractivity contribution in [2.45, 2.75) is 39.3 Å². The molecule has 0 saturated heterocycles. The van der Waals surface area contributed by atoms with Gasteiger partial charge in [0.25, 0.3) is 0 Å². The molecule has 0 aliphatic heterocycles. The molecule has 2 aromatic rings. The Bertz CT molecular complexity index is 471. The van der Waals surface area contributed by atoms with Gasteiger partial charge in [0.05, 0.1) is 5.69 Å². The predicted molar refractivity (Wildman–Crippen MR) is 78.0 cm³/mol. The molecule has 3 nitrogen and oxygen atoms in total. The van der Waals surface area contributed by atoms with Crippen molar-refractivity contribution in [2.75, 3.05) is 0 Å². The number of nitrogens with zero attached hydrogens (tertiary/aromatic N) is 2. The van der Waals surface area contributed by atoms with Crippen LogP contribution in [0.3, 0.4) is 0 Å². The van der Waals surface area contributed by atoms with Gasteiger partial charge in [-0.15, -0.1) is 17.9 Å². The van der Waals surface area contributed by atoms with Crippen LogP contribution in [-0.2, 0) is 6.54 Å². The molecule has 0 aliphatic carbocycles. The van der Waals surface area contributed by atoms with Gasteiger partial charge in [-0.05, 0) is 19.3 Å². The lowest BCUT2D eigenvalue weighted by molar-refractivity contribution is 0.364. The summed E-state index contributed by atoms with van der Waals surface area (Å²) in [4.78, 5) is 5.64. The first kappa shape index (κ1) is 13.3. The first-order chi connectivity index (χ1) is 8.74. The number of hydrogen-bond acceptors (Lipinski definition) is 3. The Morgan fingerprint density at radius 3 is 3.11 bits per heavy atom. The molecule has 98 valence electrons. The van der Waals surface area contributed by atoms with Gasteiger partial charge >= 0.3 is 0 Å². The predicted octanol–water partition coefficient (Wildman–Crippen LogP) is 3.48. The molecule has 2 atom stereocenters. The molecule has 4 heteroatoms. The molecular formula is C14H21N3S. The van der Waals surface area contributed by atoms with Crippen LogP contribution in [0.2, 0.25) is 0 Å². The SMILES string of the molecule is C=CCC(CC)C(C)NCc1cn2ccsc2n1. The minimum atomic E-state index is 0.493. The Labute approximate surface area is 113 Å². The maximum Gasteiger partial charge on any atom is 0.193 e. The molecule has 0 aromatic carbocycles. The van der Waals surface area contributed by atoms with Gasteiger partial charge in [0.1, 0.15) is 0 Å². The van der Waals surface area contributed by atoms with Crippen molar-refractivity contribution in [3.05, 3.63) is 36.1 Å². The summed E-state index contributed by atoms with van der Waals surface area (Å²) in [5.41, 5.74) is 1.11. The van der Waals surface area contributed by atoms with Crippen molar-refractivity contribution in [1.29, 1.82) is 0 Å². The Balaban J connectivity index is 1.90. The fourth-order valence-electron chi connectivity index (χ4n) is 2.23. The molecule has 2 rings (SSSR count). The van der Waals surface area contributed by atoms with E-state index >= 15 is 0 Å². The van der Waals surface area contributed by atoms with Crippen LogP contribution in [0.1, 0.15) is 32.4 Å². The zero-order valence-electron chi connectivity index (χ0n) is 11.1. The molecule has 2 heterocycles. The van der Waals surface area contributed by atoms with E-state index in [0.29, 0.717) is 12.0 Å². The third-order valence-electron chi connectivity index (χ3n) is 3.45. The Morgan fingerprint density at radius 1 is 1.61 bits per heavy atom. The van der Waals surface area contributed by atoms with E-state index in [2.05, 4.69) is 46.7 Å². The summed E-state index contributed by atoms with van der Waals surface area (Å²) in [6, 6.07) is 0.493. The van der Waals surface area contributed by atoms with E-state index in [9.17, 15) is 0 Å². The topological polar surface area (TPSA) is 29.3 Å². The van der Waals surface area contributed by atoms with Gasteiger partial charge in [0, 0.05) is 30.4 Å². The van der Waals surface area contributed by atoms with Gasteiger partial charge in [-0.1, -0.05) is 19.4 Å². The van der Waals surface area contributed by atoms with Crippen LogP contribution in [0.15, 0.2) is 30.4 Å². The summed E-state index contributed by atoms with van der Waals surface area (Å²) in [7, 11) is 0. The summed E-state index contributed by atoms with van der Waals surface area (Å²) >= 11 is 1.67. The minimum absolute atomic E-state index is 0.493. The number of allylic oxidation sites excluding steroid dienone is 1. The molecule has 0 spiro atoms. The number of fused-ring (bicyclic) bond motifs is 1. The second kappa shape index (κ2) is 6.16. The summed E-state index contributed by atoms with van der Waals surface area (Å²) in [5.74, 6) is 0.659. The van der Waals surface area contributed by atoms with Gasteiger partial charge in [0.2, 0.25) is 0 Å². The second-order valence-corrected chi connectivity index (χ2v) is 5.56. The number of rotatable bonds is 7. The van der Waals surface area contributed by atoms with Gasteiger partial charge in [-0.25, -0.2) is 4.98 Å². The Hall–Kier alpha value is -1.13. The molecular weight excluding hydrogens is 242 g/mol. The fourth-order valence-corrected chi connectivity index (χ4v) is 2.95. The minimum Gasteiger partial charge on any atom is -0.308 e. The highest BCUT2D eigenvalue weighted by Gasteiger charge is 2.13. The standard InChI is InChI=1S/C14H21N3S/c1-4-6-12(5-2)11(3)15-9-13-10-17-7-8-18-14(17)16-13/h4,7-8,10-12,15H,1,5-6,9H2,2-3H3. The molecule has 0 bridgehead atoms. The summed E-state index contributed by atoms with van der Waals surface area (Å²) in [6.45, 7) is 9.15. The fraction of sp³-hybridized carbons (Fsp3) is 0.500. The van der Waals surface area contributed by atoms with Gasteiger partial charge in [-0.2, -0.15) is 0 Å². The third-order valence-corrected chi connectivity index (χ3v) is 4.22. The van der Waals surface area contributed by atoms with Gasteiger partial charge < -0.3 is 5.32 Å². The number of aromatic nitrogens is 2. The second-order valence-electron chi connectivity index (χ2n) is 4.69. The lowest BCUT2D eigenvalue weighted by atomic mass is 9.94. The molecule has 0 saturated carbocycles. The van der Waals surface area contributed by atoms with Crippen LogP contribution < -0.4 is 5.32 Å². The van der Waals surface area contributed by atoms with E-state index in [1.54, 1.807) is 11.3 Å². The molecule has 0 fully saturated rings. The van der Waals surface area contributed by atoms with Crippen molar-refractivity contribution < 1.29 is 0 Å². The highest BCUT2D eigenvalue weighted by molar-refractivity contribution is 7.15. The molecule has 0 aliphatic rings. The summed E-state index contributed by atoms with van der Waals surface area (Å²) in [6.07, 6.45) is 8.41. The van der Waals surface area contributed by atoms with E-state index in [-0.39, 0.29) is 0 Å². The van der Waals surface area contributed by atoms with Crippen LogP contribution in [-0.4, -0.2) is 15.4 Å². The number of hydrogen-bond donors (Lipinski definition) is 1. The smallest absolute Gasteiger partial charge is 0.193 e. The summed E-state index contributed by atoms with van der Waals surface area (Å²) in [5, 5.41) is 5.62. The van der Waals surface area contributed by atoms with E-state index in [4.69, 9.17) is 0 Å². The molecule has 2 aromatic heterocycles. The third kappa shape index (κ3) is 3.00. The van der Waals surface area contributed by atoms with Crippen molar-refractivity contribution in [2.24, 2.45) is 5.92 Å². The first-order valence-electron chi connectivity index (χ1n) is 6.50. The van der Waals surface area contributed by atoms with Crippen molar-refractivity contribution >= 4 is 16.3 Å². The zero-order chi connectivity index (χ0) is 13.0. The first-order valence-corrected chi connectivity index (χ1v) is 7.38. The van der Waals surface area contributed by atoms with Crippen molar-refractivity contribution in [3.63, 3.8) is 0 Å². The van der Waals surface area contributed by atoms with Crippen LogP contribution in [0, 0.1) is 5.92 Å². The van der Waals surface area contributed by atoms with E-state index in [1.807, 2.05) is 12.3 Å². The van der Waals surface area contributed by atoms with E-state index in [0.717, 1.165) is 23.6 Å². The molecule has 18 heavy (non-hydrogen) atoms. The van der Waals surface area contributed by atoms with Gasteiger partial charge in [0.15, 0.2) is 4.96 Å². The van der Waals surface area contributed by atoms with Crippen molar-refractivity contribution in [3.8, 4) is 0 Å². The lowest BCUT2D eigenvalue weighted by Gasteiger charge is -2.22. The van der Waals surface area contributed by atoms with Crippen molar-refractivity contribution in [1.82, 2.24) is 14.7 Å². The maximum atomic E-state index is 4.57. The molecule has 1 N–H and O–H groups in total.